The van der Waals surface area contributed by atoms with Crippen LogP contribution in [0, 0.1) is 5.92 Å². The number of amides is 1. The van der Waals surface area contributed by atoms with E-state index in [9.17, 15) is 4.79 Å². The minimum Gasteiger partial charge on any atom is -0.368 e. The number of carbonyl (C=O) groups excluding carboxylic acids is 1. The van der Waals surface area contributed by atoms with Crippen LogP contribution in [-0.4, -0.2) is 29.9 Å². The van der Waals surface area contributed by atoms with Crippen molar-refractivity contribution in [2.45, 2.75) is 39.2 Å². The third-order valence-corrected chi connectivity index (χ3v) is 2.97. The standard InChI is InChI=1S/C10H20N2O/c1-3-4-9-5-6-12(7-9)8(2)10(11)13/h8-9H,3-7H2,1-2H3,(H2,11,13). The van der Waals surface area contributed by atoms with Gasteiger partial charge in [-0.3, -0.25) is 9.69 Å². The van der Waals surface area contributed by atoms with Gasteiger partial charge in [0.1, 0.15) is 0 Å². The zero-order chi connectivity index (χ0) is 9.84. The van der Waals surface area contributed by atoms with E-state index in [0.29, 0.717) is 0 Å². The molecule has 0 spiro atoms. The van der Waals surface area contributed by atoms with Crippen molar-refractivity contribution in [3.05, 3.63) is 0 Å². The molecule has 1 aliphatic rings. The fourth-order valence-electron chi connectivity index (χ4n) is 2.04. The SMILES string of the molecule is CCCC1CCN(C(C)C(N)=O)C1. The second-order valence-corrected chi connectivity index (χ2v) is 4.02. The average molecular weight is 184 g/mol. The normalized spacial score (nSPS) is 26.2. The van der Waals surface area contributed by atoms with Crippen LogP contribution in [0.2, 0.25) is 0 Å². The van der Waals surface area contributed by atoms with E-state index < -0.39 is 0 Å². The molecule has 0 aromatic rings. The molecule has 2 N–H and O–H groups in total. The Bertz CT molecular complexity index is 182. The van der Waals surface area contributed by atoms with Gasteiger partial charge in [-0.05, 0) is 32.2 Å². The molecule has 0 radical (unpaired) electrons. The Hall–Kier alpha value is -0.570. The highest BCUT2D eigenvalue weighted by Gasteiger charge is 2.27. The lowest BCUT2D eigenvalue weighted by molar-refractivity contribution is -0.122. The van der Waals surface area contributed by atoms with Gasteiger partial charge in [0.25, 0.3) is 0 Å². The Morgan fingerprint density at radius 1 is 1.69 bits per heavy atom. The Kier molecular flexibility index (Phi) is 3.72. The summed E-state index contributed by atoms with van der Waals surface area (Å²) in [6.07, 6.45) is 3.75. The Balaban J connectivity index is 2.36. The van der Waals surface area contributed by atoms with E-state index in [4.69, 9.17) is 5.73 Å². The van der Waals surface area contributed by atoms with Crippen LogP contribution in [0.1, 0.15) is 33.1 Å². The molecule has 13 heavy (non-hydrogen) atoms. The summed E-state index contributed by atoms with van der Waals surface area (Å²) in [5, 5.41) is 0. The van der Waals surface area contributed by atoms with Crippen molar-refractivity contribution in [2.75, 3.05) is 13.1 Å². The predicted molar refractivity (Wildman–Crippen MR) is 53.2 cm³/mol. The van der Waals surface area contributed by atoms with Crippen LogP contribution in [0.25, 0.3) is 0 Å². The number of carbonyl (C=O) groups is 1. The summed E-state index contributed by atoms with van der Waals surface area (Å²) in [5.74, 6) is 0.587. The number of nitrogens with two attached hydrogens (primary N) is 1. The average Bonchev–Trinajstić information content (AvgIpc) is 2.52. The van der Waals surface area contributed by atoms with E-state index in [-0.39, 0.29) is 11.9 Å². The third kappa shape index (κ3) is 2.69. The molecule has 1 amide bonds. The second-order valence-electron chi connectivity index (χ2n) is 4.02. The fraction of sp³-hybridized carbons (Fsp3) is 0.900. The number of nitrogens with zero attached hydrogens (tertiary/aromatic N) is 1. The Morgan fingerprint density at radius 2 is 2.38 bits per heavy atom. The van der Waals surface area contributed by atoms with E-state index >= 15 is 0 Å². The number of primary amides is 1. The summed E-state index contributed by atoms with van der Waals surface area (Å²) in [6.45, 7) is 6.20. The van der Waals surface area contributed by atoms with Crippen molar-refractivity contribution >= 4 is 5.91 Å². The summed E-state index contributed by atoms with van der Waals surface area (Å²) >= 11 is 0. The molecule has 0 aromatic heterocycles. The molecule has 2 atom stereocenters. The van der Waals surface area contributed by atoms with Crippen LogP contribution in [0.5, 0.6) is 0 Å². The minimum atomic E-state index is -0.197. The number of hydrogen-bond acceptors (Lipinski definition) is 2. The maximum atomic E-state index is 10.9. The van der Waals surface area contributed by atoms with E-state index in [1.807, 2.05) is 6.92 Å². The molecule has 0 saturated carbocycles. The third-order valence-electron chi connectivity index (χ3n) is 2.97. The molecule has 1 fully saturated rings. The lowest BCUT2D eigenvalue weighted by atomic mass is 10.0. The van der Waals surface area contributed by atoms with Gasteiger partial charge < -0.3 is 5.73 Å². The molecule has 2 unspecified atom stereocenters. The molecular formula is C10H20N2O. The van der Waals surface area contributed by atoms with Gasteiger partial charge in [-0.25, -0.2) is 0 Å². The summed E-state index contributed by atoms with van der Waals surface area (Å²) in [7, 11) is 0. The second kappa shape index (κ2) is 4.61. The maximum absolute atomic E-state index is 10.9. The quantitative estimate of drug-likeness (QED) is 0.708. The largest absolute Gasteiger partial charge is 0.368 e. The van der Waals surface area contributed by atoms with Crippen molar-refractivity contribution < 1.29 is 4.79 Å². The van der Waals surface area contributed by atoms with Crippen molar-refractivity contribution in [3.63, 3.8) is 0 Å². The van der Waals surface area contributed by atoms with Crippen molar-refractivity contribution in [2.24, 2.45) is 11.7 Å². The van der Waals surface area contributed by atoms with Gasteiger partial charge in [-0.1, -0.05) is 13.3 Å². The van der Waals surface area contributed by atoms with E-state index in [2.05, 4.69) is 11.8 Å². The van der Waals surface area contributed by atoms with Gasteiger partial charge in [-0.2, -0.15) is 0 Å². The molecule has 1 aliphatic heterocycles. The van der Waals surface area contributed by atoms with Crippen molar-refractivity contribution in [3.8, 4) is 0 Å². The molecule has 0 aliphatic carbocycles. The lowest BCUT2D eigenvalue weighted by Crippen LogP contribution is -2.41. The van der Waals surface area contributed by atoms with E-state index in [1.165, 1.54) is 19.3 Å². The van der Waals surface area contributed by atoms with Gasteiger partial charge in [0, 0.05) is 6.54 Å². The first-order chi connectivity index (χ1) is 6.15. The van der Waals surface area contributed by atoms with Crippen LogP contribution < -0.4 is 5.73 Å². The van der Waals surface area contributed by atoms with Gasteiger partial charge in [0.05, 0.1) is 6.04 Å². The number of likely N-dealkylation sites (tertiary alicyclic amines) is 1. The van der Waals surface area contributed by atoms with Crippen molar-refractivity contribution in [1.82, 2.24) is 4.90 Å². The van der Waals surface area contributed by atoms with Gasteiger partial charge in [0.2, 0.25) is 5.91 Å². The first-order valence-electron chi connectivity index (χ1n) is 5.18. The molecular weight excluding hydrogens is 164 g/mol. The Labute approximate surface area is 80.3 Å². The zero-order valence-corrected chi connectivity index (χ0v) is 8.62. The van der Waals surface area contributed by atoms with Crippen LogP contribution in [0.3, 0.4) is 0 Å². The van der Waals surface area contributed by atoms with E-state index in [1.54, 1.807) is 0 Å². The highest BCUT2D eigenvalue weighted by atomic mass is 16.1. The van der Waals surface area contributed by atoms with Crippen LogP contribution in [0.15, 0.2) is 0 Å². The predicted octanol–water partition coefficient (Wildman–Crippen LogP) is 0.982. The molecule has 3 nitrogen and oxygen atoms in total. The van der Waals surface area contributed by atoms with Gasteiger partial charge >= 0.3 is 0 Å². The molecule has 1 rings (SSSR count). The minimum absolute atomic E-state index is 0.0816. The Morgan fingerprint density at radius 3 is 2.92 bits per heavy atom. The summed E-state index contributed by atoms with van der Waals surface area (Å²) in [4.78, 5) is 13.1. The number of rotatable bonds is 4. The smallest absolute Gasteiger partial charge is 0.234 e. The summed E-state index contributed by atoms with van der Waals surface area (Å²) in [5.41, 5.74) is 5.25. The highest BCUT2D eigenvalue weighted by molar-refractivity contribution is 5.79. The molecule has 0 bridgehead atoms. The summed E-state index contributed by atoms with van der Waals surface area (Å²) < 4.78 is 0. The number of hydrogen-bond donors (Lipinski definition) is 1. The molecule has 0 aromatic carbocycles. The topological polar surface area (TPSA) is 46.3 Å². The molecule has 76 valence electrons. The van der Waals surface area contributed by atoms with Crippen molar-refractivity contribution in [1.29, 1.82) is 0 Å². The molecule has 3 heteroatoms. The van der Waals surface area contributed by atoms with Crippen LogP contribution in [-0.2, 0) is 4.79 Å². The van der Waals surface area contributed by atoms with E-state index in [0.717, 1.165) is 19.0 Å². The van der Waals surface area contributed by atoms with Gasteiger partial charge in [-0.15, -0.1) is 0 Å². The van der Waals surface area contributed by atoms with Crippen LogP contribution in [0.4, 0.5) is 0 Å². The van der Waals surface area contributed by atoms with Crippen LogP contribution >= 0.6 is 0 Å². The zero-order valence-electron chi connectivity index (χ0n) is 8.62. The lowest BCUT2D eigenvalue weighted by Gasteiger charge is -2.21. The van der Waals surface area contributed by atoms with Gasteiger partial charge in [0.15, 0.2) is 0 Å². The maximum Gasteiger partial charge on any atom is 0.234 e. The fourth-order valence-corrected chi connectivity index (χ4v) is 2.04. The summed E-state index contributed by atoms with van der Waals surface area (Å²) in [6, 6.07) is -0.0816. The monoisotopic (exact) mass is 184 g/mol. The first kappa shape index (κ1) is 10.5. The molecule has 1 saturated heterocycles. The molecule has 1 heterocycles. The highest BCUT2D eigenvalue weighted by Crippen LogP contribution is 2.22. The first-order valence-corrected chi connectivity index (χ1v) is 5.18.